The van der Waals surface area contributed by atoms with Gasteiger partial charge >= 0.3 is 0 Å². The summed E-state index contributed by atoms with van der Waals surface area (Å²) in [7, 11) is 0. The minimum absolute atomic E-state index is 0.153. The van der Waals surface area contributed by atoms with E-state index in [0.29, 0.717) is 13.2 Å². The van der Waals surface area contributed by atoms with Crippen molar-refractivity contribution in [2.24, 2.45) is 0 Å². The lowest BCUT2D eigenvalue weighted by molar-refractivity contribution is 0.00904. The van der Waals surface area contributed by atoms with E-state index in [4.69, 9.17) is 16.3 Å². The summed E-state index contributed by atoms with van der Waals surface area (Å²) in [4.78, 5) is 2.18. The zero-order valence-corrected chi connectivity index (χ0v) is 11.7. The van der Waals surface area contributed by atoms with Crippen molar-refractivity contribution in [1.29, 1.82) is 0 Å². The first-order valence-corrected chi connectivity index (χ1v) is 6.77. The molecule has 1 heterocycles. The number of benzene rings is 1. The molecule has 1 N–H and O–H groups in total. The first kappa shape index (κ1) is 13.7. The van der Waals surface area contributed by atoms with Crippen molar-refractivity contribution in [3.8, 4) is 0 Å². The number of aliphatic hydroxyl groups excluding tert-OH is 1. The molecule has 0 radical (unpaired) electrons. The molecule has 0 aromatic heterocycles. The number of hydrogen-bond donors (Lipinski definition) is 1. The Kier molecular flexibility index (Phi) is 4.49. The summed E-state index contributed by atoms with van der Waals surface area (Å²) in [5.74, 6) is 0. The largest absolute Gasteiger partial charge is 0.389 e. The van der Waals surface area contributed by atoms with Gasteiger partial charge in [0.15, 0.2) is 0 Å². The van der Waals surface area contributed by atoms with Crippen LogP contribution in [0.5, 0.6) is 0 Å². The summed E-state index contributed by atoms with van der Waals surface area (Å²) >= 11 is 6.16. The molecule has 0 fully saturated rings. The first-order chi connectivity index (χ1) is 8.58. The summed E-state index contributed by atoms with van der Waals surface area (Å²) in [6.45, 7) is 5.83. The lowest BCUT2D eigenvalue weighted by Crippen LogP contribution is -2.34. The zero-order valence-electron chi connectivity index (χ0n) is 10.9. The molecule has 1 aromatic carbocycles. The average molecular weight is 270 g/mol. The van der Waals surface area contributed by atoms with E-state index in [0.717, 1.165) is 23.7 Å². The average Bonchev–Trinajstić information content (AvgIpc) is 2.72. The van der Waals surface area contributed by atoms with Gasteiger partial charge in [-0.15, -0.1) is 0 Å². The van der Waals surface area contributed by atoms with Crippen LogP contribution in [-0.4, -0.2) is 37.0 Å². The molecule has 0 aliphatic carbocycles. The number of fused-ring (bicyclic) bond motifs is 1. The van der Waals surface area contributed by atoms with Gasteiger partial charge in [0.05, 0.1) is 18.8 Å². The molecule has 1 unspecified atom stereocenters. The Morgan fingerprint density at radius 3 is 2.94 bits per heavy atom. The maximum absolute atomic E-state index is 9.95. The molecule has 0 saturated carbocycles. The molecule has 0 spiro atoms. The summed E-state index contributed by atoms with van der Waals surface area (Å²) in [5.41, 5.74) is 2.34. The third-order valence-corrected chi connectivity index (χ3v) is 3.47. The lowest BCUT2D eigenvalue weighted by Gasteiger charge is -2.23. The minimum atomic E-state index is -0.461. The van der Waals surface area contributed by atoms with Crippen LogP contribution in [0, 0.1) is 0 Å². The topological polar surface area (TPSA) is 32.7 Å². The van der Waals surface area contributed by atoms with Crippen LogP contribution in [0.25, 0.3) is 0 Å². The van der Waals surface area contributed by atoms with Gasteiger partial charge in [-0.25, -0.2) is 0 Å². The standard InChI is InChI=1S/C14H20ClNO2/c1-10(2)18-9-11(17)8-16-7-6-12-13(15)4-3-5-14(12)16/h3-5,10-11,17H,6-9H2,1-2H3. The molecule has 0 amide bonds. The second-order valence-corrected chi connectivity index (χ2v) is 5.38. The number of halogens is 1. The smallest absolute Gasteiger partial charge is 0.0948 e. The van der Waals surface area contributed by atoms with Gasteiger partial charge in [-0.2, -0.15) is 0 Å². The second kappa shape index (κ2) is 5.91. The van der Waals surface area contributed by atoms with E-state index in [2.05, 4.69) is 11.0 Å². The van der Waals surface area contributed by atoms with Crippen LogP contribution in [0.4, 0.5) is 5.69 Å². The Labute approximate surface area is 113 Å². The van der Waals surface area contributed by atoms with Gasteiger partial charge in [-0.05, 0) is 38.0 Å². The number of hydrogen-bond acceptors (Lipinski definition) is 3. The number of β-amino-alcohol motifs (C(OH)–C–C–N with tert-alkyl or cyclic N) is 1. The highest BCUT2D eigenvalue weighted by atomic mass is 35.5. The Morgan fingerprint density at radius 2 is 2.22 bits per heavy atom. The first-order valence-electron chi connectivity index (χ1n) is 6.40. The van der Waals surface area contributed by atoms with Crippen molar-refractivity contribution in [3.05, 3.63) is 28.8 Å². The summed E-state index contributed by atoms with van der Waals surface area (Å²) < 4.78 is 5.42. The molecule has 2 rings (SSSR count). The van der Waals surface area contributed by atoms with Crippen LogP contribution in [0.1, 0.15) is 19.4 Å². The zero-order chi connectivity index (χ0) is 13.1. The molecular formula is C14H20ClNO2. The van der Waals surface area contributed by atoms with Gasteiger partial charge in [0, 0.05) is 23.8 Å². The summed E-state index contributed by atoms with van der Waals surface area (Å²) in [6.07, 6.45) is 0.643. The Balaban J connectivity index is 1.95. The third kappa shape index (κ3) is 3.16. The van der Waals surface area contributed by atoms with E-state index in [9.17, 15) is 5.11 Å². The SMILES string of the molecule is CC(C)OCC(O)CN1CCc2c(Cl)cccc21. The van der Waals surface area contributed by atoms with E-state index in [1.54, 1.807) is 0 Å². The fourth-order valence-corrected chi connectivity index (χ4v) is 2.52. The van der Waals surface area contributed by atoms with Crippen molar-refractivity contribution in [2.45, 2.75) is 32.5 Å². The van der Waals surface area contributed by atoms with Gasteiger partial charge in [-0.3, -0.25) is 0 Å². The van der Waals surface area contributed by atoms with Crippen LogP contribution < -0.4 is 4.90 Å². The fraction of sp³-hybridized carbons (Fsp3) is 0.571. The molecule has 1 aliphatic heterocycles. The summed E-state index contributed by atoms with van der Waals surface area (Å²) in [6, 6.07) is 5.93. The van der Waals surface area contributed by atoms with Gasteiger partial charge in [0.1, 0.15) is 0 Å². The molecule has 1 atom stereocenters. The van der Waals surface area contributed by atoms with Crippen LogP contribution in [-0.2, 0) is 11.2 Å². The lowest BCUT2D eigenvalue weighted by atomic mass is 10.2. The normalized spacial score (nSPS) is 16.2. The maximum Gasteiger partial charge on any atom is 0.0948 e. The van der Waals surface area contributed by atoms with Crippen molar-refractivity contribution < 1.29 is 9.84 Å². The molecule has 1 aliphatic rings. The number of ether oxygens (including phenoxy) is 1. The number of rotatable bonds is 5. The number of nitrogens with zero attached hydrogens (tertiary/aromatic N) is 1. The Hall–Kier alpha value is -0.770. The predicted octanol–water partition coefficient (Wildman–Crippen LogP) is 2.49. The van der Waals surface area contributed by atoms with Gasteiger partial charge in [0.2, 0.25) is 0 Å². The molecule has 0 bridgehead atoms. The minimum Gasteiger partial charge on any atom is -0.389 e. The molecule has 100 valence electrons. The van der Waals surface area contributed by atoms with Gasteiger partial charge in [0.25, 0.3) is 0 Å². The van der Waals surface area contributed by atoms with E-state index in [1.165, 1.54) is 5.56 Å². The number of anilines is 1. The monoisotopic (exact) mass is 269 g/mol. The van der Waals surface area contributed by atoms with Crippen LogP contribution in [0.3, 0.4) is 0 Å². The Morgan fingerprint density at radius 1 is 1.44 bits per heavy atom. The highest BCUT2D eigenvalue weighted by Crippen LogP contribution is 2.33. The van der Waals surface area contributed by atoms with E-state index in [1.807, 2.05) is 26.0 Å². The molecule has 4 heteroatoms. The molecule has 3 nitrogen and oxygen atoms in total. The highest BCUT2D eigenvalue weighted by molar-refractivity contribution is 6.31. The second-order valence-electron chi connectivity index (χ2n) is 4.97. The van der Waals surface area contributed by atoms with E-state index < -0.39 is 6.10 Å². The van der Waals surface area contributed by atoms with Crippen molar-refractivity contribution in [2.75, 3.05) is 24.6 Å². The molecular weight excluding hydrogens is 250 g/mol. The van der Waals surface area contributed by atoms with Crippen LogP contribution in [0.15, 0.2) is 18.2 Å². The Bertz CT molecular complexity index is 409. The maximum atomic E-state index is 9.95. The van der Waals surface area contributed by atoms with Crippen LogP contribution in [0.2, 0.25) is 5.02 Å². The molecule has 0 saturated heterocycles. The van der Waals surface area contributed by atoms with Gasteiger partial charge in [-0.1, -0.05) is 17.7 Å². The predicted molar refractivity (Wildman–Crippen MR) is 74.5 cm³/mol. The fourth-order valence-electron chi connectivity index (χ4n) is 2.26. The van der Waals surface area contributed by atoms with Gasteiger partial charge < -0.3 is 14.7 Å². The van der Waals surface area contributed by atoms with Crippen LogP contribution >= 0.6 is 11.6 Å². The third-order valence-electron chi connectivity index (χ3n) is 3.12. The van der Waals surface area contributed by atoms with Crippen molar-refractivity contribution in [1.82, 2.24) is 0 Å². The quantitative estimate of drug-likeness (QED) is 0.891. The number of aliphatic hydroxyl groups is 1. The molecule has 18 heavy (non-hydrogen) atoms. The highest BCUT2D eigenvalue weighted by Gasteiger charge is 2.23. The molecule has 1 aromatic rings. The summed E-state index contributed by atoms with van der Waals surface area (Å²) in [5, 5.41) is 10.8. The van der Waals surface area contributed by atoms with E-state index in [-0.39, 0.29) is 6.10 Å². The van der Waals surface area contributed by atoms with Crippen molar-refractivity contribution in [3.63, 3.8) is 0 Å². The van der Waals surface area contributed by atoms with Crippen molar-refractivity contribution >= 4 is 17.3 Å². The van der Waals surface area contributed by atoms with E-state index >= 15 is 0 Å².